The molecule has 17 heavy (non-hydrogen) atoms. The molecule has 2 aromatic rings. The molecule has 1 heterocycles. The number of halogens is 2. The van der Waals surface area contributed by atoms with E-state index >= 15 is 0 Å². The molecule has 0 amide bonds. The third kappa shape index (κ3) is 2.14. The van der Waals surface area contributed by atoms with Crippen LogP contribution >= 0.6 is 11.6 Å². The fourth-order valence-corrected chi connectivity index (χ4v) is 1.61. The summed E-state index contributed by atoms with van der Waals surface area (Å²) in [6, 6.07) is 4.43. The predicted molar refractivity (Wildman–Crippen MR) is 63.4 cm³/mol. The van der Waals surface area contributed by atoms with Gasteiger partial charge in [0.05, 0.1) is 12.8 Å². The van der Waals surface area contributed by atoms with Gasteiger partial charge in [-0.2, -0.15) is 0 Å². The Labute approximate surface area is 102 Å². The van der Waals surface area contributed by atoms with E-state index in [9.17, 15) is 4.39 Å². The topological polar surface area (TPSA) is 61.0 Å². The molecule has 0 radical (unpaired) electrons. The van der Waals surface area contributed by atoms with Crippen molar-refractivity contribution in [2.45, 2.75) is 0 Å². The number of nitrogens with zero attached hydrogens (tertiary/aromatic N) is 2. The van der Waals surface area contributed by atoms with Gasteiger partial charge in [-0.25, -0.2) is 14.4 Å². The Morgan fingerprint density at radius 2 is 2.12 bits per heavy atom. The normalized spacial score (nSPS) is 10.3. The number of nitrogens with two attached hydrogens (primary N) is 1. The molecular formula is C11H9ClFN3O. The molecular weight excluding hydrogens is 245 g/mol. The van der Waals surface area contributed by atoms with Crippen LogP contribution < -0.4 is 10.5 Å². The van der Waals surface area contributed by atoms with Crippen LogP contribution in [0.15, 0.2) is 24.5 Å². The lowest BCUT2D eigenvalue weighted by Gasteiger charge is -2.07. The zero-order valence-corrected chi connectivity index (χ0v) is 9.70. The molecule has 0 atom stereocenters. The molecule has 0 saturated heterocycles. The Bertz CT molecular complexity index is 562. The minimum Gasteiger partial charge on any atom is -0.494 e. The van der Waals surface area contributed by atoms with Crippen molar-refractivity contribution in [3.8, 4) is 17.0 Å². The maximum atomic E-state index is 13.5. The molecule has 0 unspecified atom stereocenters. The smallest absolute Gasteiger partial charge is 0.165 e. The average molecular weight is 254 g/mol. The summed E-state index contributed by atoms with van der Waals surface area (Å²) in [4.78, 5) is 7.71. The molecule has 6 heteroatoms. The highest BCUT2D eigenvalue weighted by molar-refractivity contribution is 6.35. The molecule has 0 fully saturated rings. The summed E-state index contributed by atoms with van der Waals surface area (Å²) < 4.78 is 18.3. The van der Waals surface area contributed by atoms with Gasteiger partial charge in [-0.15, -0.1) is 0 Å². The Morgan fingerprint density at radius 3 is 2.76 bits per heavy atom. The number of rotatable bonds is 2. The third-order valence-corrected chi connectivity index (χ3v) is 2.61. The first kappa shape index (κ1) is 11.6. The summed E-state index contributed by atoms with van der Waals surface area (Å²) in [6.07, 6.45) is 1.28. The first-order valence-corrected chi connectivity index (χ1v) is 5.11. The first-order chi connectivity index (χ1) is 8.13. The van der Waals surface area contributed by atoms with E-state index < -0.39 is 5.82 Å². The second-order valence-electron chi connectivity index (χ2n) is 3.27. The Hall–Kier alpha value is -1.88. The van der Waals surface area contributed by atoms with Crippen LogP contribution in [0.4, 0.5) is 10.2 Å². The second kappa shape index (κ2) is 4.55. The maximum Gasteiger partial charge on any atom is 0.165 e. The van der Waals surface area contributed by atoms with Crippen molar-refractivity contribution < 1.29 is 9.13 Å². The van der Waals surface area contributed by atoms with Gasteiger partial charge >= 0.3 is 0 Å². The van der Waals surface area contributed by atoms with Gasteiger partial charge in [-0.3, -0.25) is 0 Å². The predicted octanol–water partition coefficient (Wildman–Crippen LogP) is 2.53. The maximum absolute atomic E-state index is 13.5. The van der Waals surface area contributed by atoms with E-state index in [1.165, 1.54) is 25.6 Å². The number of hydrogen-bond donors (Lipinski definition) is 1. The molecule has 88 valence electrons. The minimum absolute atomic E-state index is 0.159. The fraction of sp³-hybridized carbons (Fsp3) is 0.0909. The molecule has 2 N–H and O–H groups in total. The molecule has 0 aliphatic rings. The number of aromatic nitrogens is 2. The van der Waals surface area contributed by atoms with Gasteiger partial charge in [-0.1, -0.05) is 11.6 Å². The molecule has 1 aromatic carbocycles. The van der Waals surface area contributed by atoms with Gasteiger partial charge in [-0.05, 0) is 18.2 Å². The van der Waals surface area contributed by atoms with Gasteiger partial charge in [0.1, 0.15) is 17.2 Å². The molecule has 0 spiro atoms. The highest BCUT2D eigenvalue weighted by Crippen LogP contribution is 2.30. The van der Waals surface area contributed by atoms with Crippen LogP contribution in [0.1, 0.15) is 0 Å². The number of nitrogen functional groups attached to an aromatic ring is 1. The van der Waals surface area contributed by atoms with Crippen molar-refractivity contribution in [1.29, 1.82) is 0 Å². The van der Waals surface area contributed by atoms with Crippen molar-refractivity contribution in [2.24, 2.45) is 0 Å². The third-order valence-electron chi connectivity index (χ3n) is 2.24. The molecule has 0 saturated carbocycles. The van der Waals surface area contributed by atoms with E-state index in [-0.39, 0.29) is 16.6 Å². The molecule has 4 nitrogen and oxygen atoms in total. The number of hydrogen-bond acceptors (Lipinski definition) is 4. The summed E-state index contributed by atoms with van der Waals surface area (Å²) in [5.41, 5.74) is 6.46. The minimum atomic E-state index is -0.488. The van der Waals surface area contributed by atoms with Gasteiger partial charge in [0.25, 0.3) is 0 Å². The Balaban J connectivity index is 2.54. The molecule has 1 aromatic heterocycles. The van der Waals surface area contributed by atoms with Crippen LogP contribution in [0.3, 0.4) is 0 Å². The van der Waals surface area contributed by atoms with Crippen molar-refractivity contribution in [2.75, 3.05) is 12.8 Å². The van der Waals surface area contributed by atoms with E-state index in [1.807, 2.05) is 0 Å². The number of anilines is 1. The Kier molecular flexibility index (Phi) is 3.10. The van der Waals surface area contributed by atoms with Gasteiger partial charge in [0.2, 0.25) is 0 Å². The van der Waals surface area contributed by atoms with Gasteiger partial charge < -0.3 is 10.5 Å². The van der Waals surface area contributed by atoms with E-state index in [2.05, 4.69) is 9.97 Å². The van der Waals surface area contributed by atoms with Crippen molar-refractivity contribution in [3.63, 3.8) is 0 Å². The summed E-state index contributed by atoms with van der Waals surface area (Å²) in [7, 11) is 1.40. The number of methoxy groups -OCH3 is 1. The monoisotopic (exact) mass is 253 g/mol. The second-order valence-corrected chi connectivity index (χ2v) is 3.65. The zero-order valence-electron chi connectivity index (χ0n) is 8.95. The zero-order chi connectivity index (χ0) is 12.4. The average Bonchev–Trinajstić information content (AvgIpc) is 2.32. The number of benzene rings is 1. The van der Waals surface area contributed by atoms with E-state index in [1.54, 1.807) is 6.07 Å². The van der Waals surface area contributed by atoms with E-state index in [0.29, 0.717) is 11.3 Å². The lowest BCUT2D eigenvalue weighted by Crippen LogP contribution is -1.96. The van der Waals surface area contributed by atoms with E-state index in [4.69, 9.17) is 22.1 Å². The fourth-order valence-electron chi connectivity index (χ4n) is 1.40. The van der Waals surface area contributed by atoms with Gasteiger partial charge in [0, 0.05) is 5.56 Å². The van der Waals surface area contributed by atoms with Crippen LogP contribution in [-0.4, -0.2) is 17.1 Å². The molecule has 2 rings (SSSR count). The van der Waals surface area contributed by atoms with Crippen molar-refractivity contribution in [3.05, 3.63) is 35.4 Å². The van der Waals surface area contributed by atoms with Crippen LogP contribution in [0.5, 0.6) is 5.75 Å². The highest BCUT2D eigenvalue weighted by atomic mass is 35.5. The molecule has 0 aliphatic carbocycles. The quantitative estimate of drug-likeness (QED) is 0.893. The van der Waals surface area contributed by atoms with Crippen LogP contribution in [0.25, 0.3) is 11.3 Å². The largest absolute Gasteiger partial charge is 0.494 e. The SMILES string of the molecule is COc1ccc(-c2ncnc(N)c2Cl)cc1F. The summed E-state index contributed by atoms with van der Waals surface area (Å²) >= 11 is 5.95. The standard InChI is InChI=1S/C11H9ClFN3O/c1-17-8-3-2-6(4-7(8)13)10-9(12)11(14)16-5-15-10/h2-5H,1H3,(H2,14,15,16). The van der Waals surface area contributed by atoms with Crippen LogP contribution in [0, 0.1) is 5.82 Å². The molecule has 0 aliphatic heterocycles. The van der Waals surface area contributed by atoms with Crippen LogP contribution in [0.2, 0.25) is 5.02 Å². The summed E-state index contributed by atoms with van der Waals surface area (Å²) in [6.45, 7) is 0. The number of ether oxygens (including phenoxy) is 1. The van der Waals surface area contributed by atoms with Crippen LogP contribution in [-0.2, 0) is 0 Å². The molecule has 0 bridgehead atoms. The lowest BCUT2D eigenvalue weighted by atomic mass is 10.1. The Morgan fingerprint density at radius 1 is 1.35 bits per heavy atom. The summed E-state index contributed by atoms with van der Waals surface area (Å²) in [5, 5.41) is 0.206. The summed E-state index contributed by atoms with van der Waals surface area (Å²) in [5.74, 6) is -0.168. The lowest BCUT2D eigenvalue weighted by molar-refractivity contribution is 0.386. The van der Waals surface area contributed by atoms with Crippen molar-refractivity contribution in [1.82, 2.24) is 9.97 Å². The highest BCUT2D eigenvalue weighted by Gasteiger charge is 2.11. The van der Waals surface area contributed by atoms with Gasteiger partial charge in [0.15, 0.2) is 11.6 Å². The van der Waals surface area contributed by atoms with Crippen molar-refractivity contribution >= 4 is 17.4 Å². The first-order valence-electron chi connectivity index (χ1n) is 4.73. The van der Waals surface area contributed by atoms with E-state index in [0.717, 1.165) is 0 Å².